The zero-order valence-electron chi connectivity index (χ0n) is 25.7. The van der Waals surface area contributed by atoms with Crippen LogP contribution >= 0.6 is 0 Å². The van der Waals surface area contributed by atoms with Gasteiger partial charge in [0.1, 0.15) is 24.4 Å². The molecule has 9 heteroatoms. The molecule has 0 aromatic rings. The fourth-order valence-electron chi connectivity index (χ4n) is 4.50. The predicted octanol–water partition coefficient (Wildman–Crippen LogP) is 3.98. The molecule has 1 heterocycles. The fraction of sp³-hybridized carbons (Fsp3) is 0.727. The van der Waals surface area contributed by atoms with Crippen LogP contribution in [0.1, 0.15) is 97.3 Å². The molecule has 1 fully saturated rings. The van der Waals surface area contributed by atoms with Crippen molar-refractivity contribution in [2.24, 2.45) is 0 Å². The normalized spacial score (nSPS) is 24.8. The molecule has 0 spiro atoms. The lowest BCUT2D eigenvalue weighted by Gasteiger charge is -2.40. The third-order valence-corrected chi connectivity index (χ3v) is 7.16. The quantitative estimate of drug-likeness (QED) is 0.0768. The van der Waals surface area contributed by atoms with E-state index >= 15 is 0 Å². The third-order valence-electron chi connectivity index (χ3n) is 7.16. The van der Waals surface area contributed by atoms with Crippen molar-refractivity contribution in [3.8, 4) is 0 Å². The SMILES string of the molecule is CC/C=C\C/C=C\C/C=C\CCCCCCCC(=O)NC(COC1OC(CO)C(O)C(O)C1O)C(O)/C=C/CCCC. The first-order valence-electron chi connectivity index (χ1n) is 15.9. The predicted molar refractivity (Wildman–Crippen MR) is 166 cm³/mol. The van der Waals surface area contributed by atoms with Crippen LogP contribution < -0.4 is 5.32 Å². The second kappa shape index (κ2) is 24.6. The summed E-state index contributed by atoms with van der Waals surface area (Å²) in [7, 11) is 0. The van der Waals surface area contributed by atoms with Gasteiger partial charge in [0.05, 0.1) is 25.4 Å². The van der Waals surface area contributed by atoms with Gasteiger partial charge >= 0.3 is 0 Å². The van der Waals surface area contributed by atoms with Crippen LogP contribution in [-0.2, 0) is 14.3 Å². The van der Waals surface area contributed by atoms with E-state index < -0.39 is 49.5 Å². The molecule has 1 rings (SSSR count). The molecule has 42 heavy (non-hydrogen) atoms. The van der Waals surface area contributed by atoms with E-state index in [9.17, 15) is 30.3 Å². The Balaban J connectivity index is 2.41. The first-order chi connectivity index (χ1) is 20.3. The Morgan fingerprint density at radius 3 is 2.17 bits per heavy atom. The number of amides is 1. The second-order valence-electron chi connectivity index (χ2n) is 10.9. The minimum Gasteiger partial charge on any atom is -0.394 e. The van der Waals surface area contributed by atoms with Gasteiger partial charge in [0.2, 0.25) is 5.91 Å². The van der Waals surface area contributed by atoms with Gasteiger partial charge in [-0.05, 0) is 44.9 Å². The molecule has 1 aliphatic rings. The molecule has 9 nitrogen and oxygen atoms in total. The summed E-state index contributed by atoms with van der Waals surface area (Å²) in [4.78, 5) is 12.7. The highest BCUT2D eigenvalue weighted by Gasteiger charge is 2.44. The van der Waals surface area contributed by atoms with Crippen molar-refractivity contribution in [2.45, 2.75) is 140 Å². The van der Waals surface area contributed by atoms with E-state index in [1.165, 1.54) is 0 Å². The summed E-state index contributed by atoms with van der Waals surface area (Å²) in [6, 6.07) is -0.808. The molecule has 7 unspecified atom stereocenters. The highest BCUT2D eigenvalue weighted by molar-refractivity contribution is 5.76. The van der Waals surface area contributed by atoms with E-state index in [2.05, 4.69) is 55.6 Å². The van der Waals surface area contributed by atoms with Gasteiger partial charge in [-0.15, -0.1) is 0 Å². The lowest BCUT2D eigenvalue weighted by atomic mass is 9.99. The number of unbranched alkanes of at least 4 members (excludes halogenated alkanes) is 7. The van der Waals surface area contributed by atoms with Crippen molar-refractivity contribution < 1.29 is 39.8 Å². The number of rotatable bonds is 23. The molecule has 1 aliphatic heterocycles. The Kier molecular flexibility index (Phi) is 22.3. The van der Waals surface area contributed by atoms with Gasteiger partial charge in [-0.1, -0.05) is 94.6 Å². The summed E-state index contributed by atoms with van der Waals surface area (Å²) >= 11 is 0. The largest absolute Gasteiger partial charge is 0.394 e. The second-order valence-corrected chi connectivity index (χ2v) is 10.9. The molecule has 6 N–H and O–H groups in total. The Morgan fingerprint density at radius 2 is 1.48 bits per heavy atom. The summed E-state index contributed by atoms with van der Waals surface area (Å²) in [6.07, 6.45) is 20.7. The summed E-state index contributed by atoms with van der Waals surface area (Å²) in [5, 5.41) is 53.2. The number of carbonyl (C=O) groups is 1. The summed E-state index contributed by atoms with van der Waals surface area (Å²) in [6.45, 7) is 3.44. The number of aliphatic hydroxyl groups is 5. The molecule has 0 aromatic heterocycles. The minimum absolute atomic E-state index is 0.201. The van der Waals surface area contributed by atoms with Gasteiger partial charge in [-0.3, -0.25) is 4.79 Å². The molecule has 0 radical (unpaired) electrons. The molecular formula is C33H57NO8. The summed E-state index contributed by atoms with van der Waals surface area (Å²) in [5.74, 6) is -0.209. The van der Waals surface area contributed by atoms with Crippen molar-refractivity contribution >= 4 is 5.91 Å². The molecule has 7 atom stereocenters. The zero-order valence-corrected chi connectivity index (χ0v) is 25.7. The van der Waals surface area contributed by atoms with E-state index in [1.807, 2.05) is 6.08 Å². The number of hydrogen-bond acceptors (Lipinski definition) is 8. The Morgan fingerprint density at radius 1 is 0.833 bits per heavy atom. The Labute approximate surface area is 253 Å². The van der Waals surface area contributed by atoms with Gasteiger partial charge in [-0.2, -0.15) is 0 Å². The number of ether oxygens (including phenoxy) is 2. The van der Waals surface area contributed by atoms with Crippen molar-refractivity contribution in [3.63, 3.8) is 0 Å². The lowest BCUT2D eigenvalue weighted by molar-refractivity contribution is -0.302. The van der Waals surface area contributed by atoms with Gasteiger partial charge < -0.3 is 40.3 Å². The molecule has 1 amide bonds. The van der Waals surface area contributed by atoms with Crippen LogP contribution in [-0.4, -0.2) is 87.5 Å². The van der Waals surface area contributed by atoms with Gasteiger partial charge in [0, 0.05) is 6.42 Å². The average Bonchev–Trinajstić information content (AvgIpc) is 2.98. The zero-order chi connectivity index (χ0) is 31.0. The van der Waals surface area contributed by atoms with Crippen LogP contribution in [0, 0.1) is 0 Å². The van der Waals surface area contributed by atoms with E-state index in [4.69, 9.17) is 9.47 Å². The molecule has 0 aliphatic carbocycles. The first-order valence-corrected chi connectivity index (χ1v) is 15.9. The maximum absolute atomic E-state index is 12.7. The number of hydrogen-bond donors (Lipinski definition) is 6. The Hall–Kier alpha value is -1.85. The summed E-state index contributed by atoms with van der Waals surface area (Å²) in [5.41, 5.74) is 0. The summed E-state index contributed by atoms with van der Waals surface area (Å²) < 4.78 is 11.0. The Bertz CT molecular complexity index is 797. The van der Waals surface area contributed by atoms with Crippen molar-refractivity contribution in [3.05, 3.63) is 48.6 Å². The van der Waals surface area contributed by atoms with Crippen LogP contribution in [0.4, 0.5) is 0 Å². The van der Waals surface area contributed by atoms with E-state index in [1.54, 1.807) is 6.08 Å². The minimum atomic E-state index is -1.57. The maximum Gasteiger partial charge on any atom is 0.220 e. The van der Waals surface area contributed by atoms with Crippen molar-refractivity contribution in [1.29, 1.82) is 0 Å². The van der Waals surface area contributed by atoms with E-state index in [-0.39, 0.29) is 12.5 Å². The van der Waals surface area contributed by atoms with Gasteiger partial charge in [-0.25, -0.2) is 0 Å². The van der Waals surface area contributed by atoms with E-state index in [0.717, 1.165) is 77.0 Å². The van der Waals surface area contributed by atoms with Crippen LogP contribution in [0.3, 0.4) is 0 Å². The monoisotopic (exact) mass is 595 g/mol. The average molecular weight is 596 g/mol. The maximum atomic E-state index is 12.7. The first kappa shape index (κ1) is 38.2. The lowest BCUT2D eigenvalue weighted by Crippen LogP contribution is -2.60. The van der Waals surface area contributed by atoms with Crippen LogP contribution in [0.2, 0.25) is 0 Å². The molecular weight excluding hydrogens is 538 g/mol. The van der Waals surface area contributed by atoms with Crippen LogP contribution in [0.25, 0.3) is 0 Å². The molecule has 0 bridgehead atoms. The highest BCUT2D eigenvalue weighted by atomic mass is 16.7. The van der Waals surface area contributed by atoms with E-state index in [0.29, 0.717) is 6.42 Å². The third kappa shape index (κ3) is 16.7. The molecule has 0 aromatic carbocycles. The fourth-order valence-corrected chi connectivity index (χ4v) is 4.50. The number of nitrogens with one attached hydrogen (secondary N) is 1. The van der Waals surface area contributed by atoms with Gasteiger partial charge in [0.15, 0.2) is 6.29 Å². The van der Waals surface area contributed by atoms with Gasteiger partial charge in [0.25, 0.3) is 0 Å². The number of carbonyl (C=O) groups excluding carboxylic acids is 1. The topological polar surface area (TPSA) is 149 Å². The van der Waals surface area contributed by atoms with Crippen LogP contribution in [0.5, 0.6) is 0 Å². The molecule has 0 saturated carbocycles. The van der Waals surface area contributed by atoms with Crippen molar-refractivity contribution in [1.82, 2.24) is 5.32 Å². The molecule has 242 valence electrons. The number of allylic oxidation sites excluding steroid dienone is 7. The van der Waals surface area contributed by atoms with Crippen LogP contribution in [0.15, 0.2) is 48.6 Å². The van der Waals surface area contributed by atoms with Crippen molar-refractivity contribution in [2.75, 3.05) is 13.2 Å². The smallest absolute Gasteiger partial charge is 0.220 e. The number of aliphatic hydroxyl groups excluding tert-OH is 5. The molecule has 1 saturated heterocycles. The standard InChI is InChI=1S/C33H57NO8/c1-3-5-7-9-10-11-12-13-14-15-16-17-18-19-21-23-29(37)34-26(27(36)22-20-8-6-4-2)25-41-33-32(40)31(39)30(38)28(24-35)42-33/h5,7,10-11,13-14,20,22,26-28,30-33,35-36,38-40H,3-4,6,8-9,12,15-19,21,23-25H2,1-2H3,(H,34,37)/b7-5-,11-10-,14-13-,22-20+. The highest BCUT2D eigenvalue weighted by Crippen LogP contribution is 2.22.